The van der Waals surface area contributed by atoms with Crippen LogP contribution in [-0.2, 0) is 14.3 Å². The molecule has 1 aliphatic heterocycles. The first-order valence-corrected chi connectivity index (χ1v) is 15.9. The van der Waals surface area contributed by atoms with Crippen LogP contribution in [0.4, 0.5) is 0 Å². The first-order chi connectivity index (χ1) is 20.7. The van der Waals surface area contributed by atoms with Crippen LogP contribution in [0.3, 0.4) is 0 Å². The third-order valence-electron chi connectivity index (χ3n) is 10.7. The van der Waals surface area contributed by atoms with E-state index in [1.807, 2.05) is 47.6 Å². The van der Waals surface area contributed by atoms with Crippen LogP contribution in [0.2, 0.25) is 0 Å². The molecule has 0 saturated heterocycles. The fraction of sp³-hybridized carbons (Fsp3) is 0.553. The van der Waals surface area contributed by atoms with Gasteiger partial charge in [0.15, 0.2) is 34.3 Å². The number of hydrogen-bond donors (Lipinski definition) is 3. The van der Waals surface area contributed by atoms with Crippen molar-refractivity contribution in [3.63, 3.8) is 0 Å². The van der Waals surface area contributed by atoms with Crippen molar-refractivity contribution >= 4 is 17.3 Å². The second kappa shape index (κ2) is 11.7. The van der Waals surface area contributed by atoms with E-state index in [9.17, 15) is 20.1 Å². The Morgan fingerprint density at radius 2 is 1.76 bits per heavy atom. The van der Waals surface area contributed by atoms with E-state index in [1.54, 1.807) is 13.8 Å². The highest BCUT2D eigenvalue weighted by atomic mass is 16.5. The number of rotatable bonds is 11. The normalized spacial score (nSPS) is 27.8. The molecule has 1 saturated carbocycles. The van der Waals surface area contributed by atoms with E-state index in [1.165, 1.54) is 12.1 Å². The lowest BCUT2D eigenvalue weighted by molar-refractivity contribution is -0.167. The Hall–Kier alpha value is -3.45. The van der Waals surface area contributed by atoms with Crippen LogP contribution >= 0.6 is 0 Å². The summed E-state index contributed by atoms with van der Waals surface area (Å²) in [5, 5.41) is 31.4. The summed E-state index contributed by atoms with van der Waals surface area (Å²) >= 11 is 0. The Balaban J connectivity index is 2.04. The van der Waals surface area contributed by atoms with Crippen molar-refractivity contribution in [2.45, 2.75) is 106 Å². The van der Waals surface area contributed by atoms with Crippen LogP contribution in [0.1, 0.15) is 104 Å². The Labute approximate surface area is 267 Å². The molecule has 45 heavy (non-hydrogen) atoms. The molecule has 0 amide bonds. The number of carbonyl (C=O) groups excluding carboxylic acids is 3. The van der Waals surface area contributed by atoms with Crippen molar-refractivity contribution in [1.29, 1.82) is 0 Å². The fourth-order valence-corrected chi connectivity index (χ4v) is 7.80. The molecule has 1 aromatic carbocycles. The van der Waals surface area contributed by atoms with Gasteiger partial charge in [-0.2, -0.15) is 0 Å². The minimum Gasteiger partial charge on any atom is -0.504 e. The zero-order valence-corrected chi connectivity index (χ0v) is 28.2. The van der Waals surface area contributed by atoms with E-state index in [-0.39, 0.29) is 41.6 Å². The zero-order valence-electron chi connectivity index (χ0n) is 28.2. The largest absolute Gasteiger partial charge is 0.504 e. The predicted octanol–water partition coefficient (Wildman–Crippen LogP) is 7.56. The molecular weight excluding hydrogens is 568 g/mol. The molecule has 3 aliphatic rings. The van der Waals surface area contributed by atoms with E-state index in [0.29, 0.717) is 12.8 Å². The molecule has 0 radical (unpaired) electrons. The molecule has 0 spiro atoms. The molecule has 1 fully saturated rings. The van der Waals surface area contributed by atoms with Gasteiger partial charge in [-0.05, 0) is 109 Å². The maximum atomic E-state index is 15.3. The van der Waals surface area contributed by atoms with Gasteiger partial charge in [0.1, 0.15) is 11.9 Å². The van der Waals surface area contributed by atoms with Gasteiger partial charge in [0, 0.05) is 17.6 Å². The maximum absolute atomic E-state index is 15.3. The van der Waals surface area contributed by atoms with Crippen molar-refractivity contribution in [1.82, 2.24) is 0 Å². The Morgan fingerprint density at radius 1 is 1.11 bits per heavy atom. The summed E-state index contributed by atoms with van der Waals surface area (Å²) in [6.45, 7) is 23.1. The molecule has 0 unspecified atom stereocenters. The summed E-state index contributed by atoms with van der Waals surface area (Å²) in [6.07, 6.45) is 4.07. The van der Waals surface area contributed by atoms with Crippen LogP contribution in [0.5, 0.6) is 11.5 Å². The van der Waals surface area contributed by atoms with Gasteiger partial charge in [0.25, 0.3) is 0 Å². The lowest BCUT2D eigenvalue weighted by Crippen LogP contribution is -2.69. The Kier molecular flexibility index (Phi) is 8.97. The summed E-state index contributed by atoms with van der Waals surface area (Å²) in [5.74, 6) is -2.66. The van der Waals surface area contributed by atoms with Gasteiger partial charge >= 0.3 is 0 Å². The molecule has 2 aliphatic carbocycles. The minimum atomic E-state index is -2.13. The van der Waals surface area contributed by atoms with Crippen LogP contribution in [-0.4, -0.2) is 44.4 Å². The summed E-state index contributed by atoms with van der Waals surface area (Å²) in [7, 11) is 0. The van der Waals surface area contributed by atoms with Crippen LogP contribution in [0.15, 0.2) is 65.5 Å². The lowest BCUT2D eigenvalue weighted by Gasteiger charge is -2.59. The van der Waals surface area contributed by atoms with Gasteiger partial charge < -0.3 is 20.1 Å². The summed E-state index contributed by atoms with van der Waals surface area (Å²) < 4.78 is 6.45. The number of allylic oxidation sites excluding steroid dienone is 5. The van der Waals surface area contributed by atoms with Crippen molar-refractivity contribution in [3.05, 3.63) is 71.0 Å². The Morgan fingerprint density at radius 3 is 2.29 bits per heavy atom. The number of ketones is 3. The zero-order chi connectivity index (χ0) is 33.9. The van der Waals surface area contributed by atoms with E-state index < -0.39 is 56.8 Å². The van der Waals surface area contributed by atoms with E-state index in [4.69, 9.17) is 4.74 Å². The monoisotopic (exact) mass is 618 g/mol. The number of phenolic OH excluding ortho intramolecular Hbond substituents is 2. The first kappa shape index (κ1) is 34.4. The molecule has 3 N–H and O–H groups in total. The van der Waals surface area contributed by atoms with Crippen molar-refractivity contribution < 1.29 is 34.4 Å². The number of carbonyl (C=O) groups is 3. The van der Waals surface area contributed by atoms with E-state index >= 15 is 9.59 Å². The number of hydrogen-bond acceptors (Lipinski definition) is 7. The topological polar surface area (TPSA) is 121 Å². The Bertz CT molecular complexity index is 1510. The third-order valence-corrected chi connectivity index (χ3v) is 10.7. The van der Waals surface area contributed by atoms with Crippen LogP contribution in [0.25, 0.3) is 0 Å². The number of fused-ring (bicyclic) bond motifs is 3. The molecule has 5 atom stereocenters. The molecule has 2 bridgehead atoms. The first-order valence-electron chi connectivity index (χ1n) is 15.9. The van der Waals surface area contributed by atoms with Crippen LogP contribution < -0.4 is 0 Å². The van der Waals surface area contributed by atoms with Crippen molar-refractivity contribution in [3.8, 4) is 11.5 Å². The molecule has 7 nitrogen and oxygen atoms in total. The average molecular weight is 619 g/mol. The third kappa shape index (κ3) is 5.51. The summed E-state index contributed by atoms with van der Waals surface area (Å²) in [5.41, 5.74) is -2.63. The molecular formula is C38H50O7. The summed E-state index contributed by atoms with van der Waals surface area (Å²) in [4.78, 5) is 45.4. The quantitative estimate of drug-likeness (QED) is 0.101. The lowest BCUT2D eigenvalue weighted by atomic mass is 9.39. The van der Waals surface area contributed by atoms with E-state index in [2.05, 4.69) is 13.2 Å². The average Bonchev–Trinajstić information content (AvgIpc) is 3.39. The van der Waals surface area contributed by atoms with Gasteiger partial charge in [0.2, 0.25) is 0 Å². The molecule has 7 heteroatoms. The number of benzene rings is 1. The summed E-state index contributed by atoms with van der Waals surface area (Å²) in [6, 6.07) is 3.67. The molecule has 4 rings (SSSR count). The molecule has 244 valence electrons. The van der Waals surface area contributed by atoms with Gasteiger partial charge in [0.05, 0.1) is 11.0 Å². The molecule has 0 aromatic heterocycles. The standard InChI is InChI=1S/C38H50O7/c1-21(2)11-12-24(23(5)6)17-26-20-37(16-15-22(3)4)33-27(19-30(45-33)36(9,10)44)32(42)38(34(37)43,35(26,7)8)31(41)25-13-14-28(39)29(40)18-25/h13-15,18,24,26,30,39-40,44H,1,5,11-12,16-17,19-20H2,2-4,6-10H3/t24-,26+,30+,37-,38+/m0/s1. The van der Waals surface area contributed by atoms with Gasteiger partial charge in [-0.15, -0.1) is 6.58 Å². The molecule has 1 aromatic rings. The minimum absolute atomic E-state index is 0.0300. The molecule has 1 heterocycles. The van der Waals surface area contributed by atoms with Gasteiger partial charge in [-0.1, -0.05) is 43.2 Å². The number of ether oxygens (including phenoxy) is 1. The van der Waals surface area contributed by atoms with Crippen molar-refractivity contribution in [2.24, 2.45) is 28.1 Å². The second-order valence-corrected chi connectivity index (χ2v) is 15.2. The maximum Gasteiger partial charge on any atom is 0.184 e. The van der Waals surface area contributed by atoms with Gasteiger partial charge in [-0.25, -0.2) is 0 Å². The highest BCUT2D eigenvalue weighted by molar-refractivity contribution is 6.36. The predicted molar refractivity (Wildman–Crippen MR) is 175 cm³/mol. The highest BCUT2D eigenvalue weighted by Gasteiger charge is 2.76. The van der Waals surface area contributed by atoms with Crippen molar-refractivity contribution in [2.75, 3.05) is 0 Å². The second-order valence-electron chi connectivity index (χ2n) is 15.2. The number of aromatic hydroxyl groups is 2. The highest BCUT2D eigenvalue weighted by Crippen LogP contribution is 2.68. The number of phenols is 2. The fourth-order valence-electron chi connectivity index (χ4n) is 7.80. The number of aliphatic hydroxyl groups is 1. The van der Waals surface area contributed by atoms with E-state index in [0.717, 1.165) is 35.6 Å². The SMILES string of the molecule is C=C(C)CC[C@@H](C[C@@H]1C[C@]2(CC=C(C)C)C(=O)[C@@](C(=O)c3ccc(O)c(O)c3)(C(=O)C3=C2O[C@@H](C(C)(C)O)C3)C1(C)C)C(=C)C. The van der Waals surface area contributed by atoms with Gasteiger partial charge in [-0.3, -0.25) is 14.4 Å². The smallest absolute Gasteiger partial charge is 0.184 e. The van der Waals surface area contributed by atoms with Crippen LogP contribution in [0, 0.1) is 28.1 Å². The number of Topliss-reactive ketones (excluding diaryl/α,β-unsaturated/α-hetero) is 3.